The molecule has 3 aromatic rings. The second-order valence-corrected chi connectivity index (χ2v) is 14.5. The summed E-state index contributed by atoms with van der Waals surface area (Å²) in [7, 11) is -3.88. The monoisotopic (exact) mass is 658 g/mol. The average Bonchev–Trinajstić information content (AvgIpc) is 3.86. The van der Waals surface area contributed by atoms with Gasteiger partial charge in [-0.15, -0.1) is 0 Å². The van der Waals surface area contributed by atoms with Gasteiger partial charge in [-0.3, -0.25) is 9.10 Å². The molecule has 0 bridgehead atoms. The van der Waals surface area contributed by atoms with Gasteiger partial charge in [0, 0.05) is 16.0 Å². The molecular weight excluding hydrogens is 622 g/mol. The highest BCUT2D eigenvalue weighted by Gasteiger charge is 2.49. The van der Waals surface area contributed by atoms with Crippen LogP contribution in [0, 0.1) is 11.7 Å². The first kappa shape index (κ1) is 32.5. The predicted octanol–water partition coefficient (Wildman–Crippen LogP) is 8.13. The number of carbonyl (C=O) groups excluding carboxylic acids is 1. The standard InChI is InChI=1S/C34H37Cl2FN2O4S/c1-4-9-22(3)32-34(40)39(27(5-2)21-38(44(41,42)28-18-19-28)30-13-7-6-12-29(30)37)31(23-14-16-25(35)17-15-23)33(43-32)24-10-8-11-26(36)20-24/h4,6-17,20,22,27-28,31-33H,5,18-19,21H2,1-3H3/b9-4+/t22-,27-,31-,32-,33-/m1/s1. The average molecular weight is 660 g/mol. The SMILES string of the molecule is C/C=C/[C@@H](C)[C@H]1O[C@H](c2cccc(Cl)c2)[C@@H](c2ccc(Cl)cc2)N([C@H](CC)CN(c2ccccc2F)S(=O)(=O)C2CC2)C1=O. The number of anilines is 1. The van der Waals surface area contributed by atoms with E-state index in [1.807, 2.05) is 63.3 Å². The maximum atomic E-state index is 15.2. The molecule has 10 heteroatoms. The number of para-hydroxylation sites is 1. The molecule has 44 heavy (non-hydrogen) atoms. The highest BCUT2D eigenvalue weighted by molar-refractivity contribution is 7.93. The van der Waals surface area contributed by atoms with Crippen molar-refractivity contribution in [3.8, 4) is 0 Å². The van der Waals surface area contributed by atoms with Gasteiger partial charge in [-0.25, -0.2) is 12.8 Å². The van der Waals surface area contributed by atoms with Crippen LogP contribution in [-0.4, -0.2) is 43.2 Å². The fraction of sp³-hybridized carbons (Fsp3) is 0.382. The summed E-state index contributed by atoms with van der Waals surface area (Å²) in [6.45, 7) is 5.60. The summed E-state index contributed by atoms with van der Waals surface area (Å²) in [6, 6.07) is 19.2. The molecule has 5 rings (SSSR count). The first-order valence-electron chi connectivity index (χ1n) is 14.9. The van der Waals surface area contributed by atoms with Crippen molar-refractivity contribution in [3.63, 3.8) is 0 Å². The Balaban J connectivity index is 1.67. The summed E-state index contributed by atoms with van der Waals surface area (Å²) >= 11 is 12.7. The van der Waals surface area contributed by atoms with Crippen molar-refractivity contribution in [2.24, 2.45) is 5.92 Å². The van der Waals surface area contributed by atoms with Crippen molar-refractivity contribution in [2.75, 3.05) is 10.8 Å². The first-order valence-corrected chi connectivity index (χ1v) is 17.2. The lowest BCUT2D eigenvalue weighted by atomic mass is 9.88. The number of carbonyl (C=O) groups is 1. The molecule has 0 spiro atoms. The Morgan fingerprint density at radius 3 is 2.34 bits per heavy atom. The Hall–Kier alpha value is -2.91. The summed E-state index contributed by atoms with van der Waals surface area (Å²) in [4.78, 5) is 16.4. The second-order valence-electron chi connectivity index (χ2n) is 11.4. The molecule has 1 saturated heterocycles. The van der Waals surface area contributed by atoms with E-state index in [-0.39, 0.29) is 24.1 Å². The molecule has 2 fully saturated rings. The van der Waals surface area contributed by atoms with E-state index in [0.717, 1.165) is 11.1 Å². The molecule has 2 aliphatic rings. The first-order chi connectivity index (χ1) is 21.1. The number of hydrogen-bond donors (Lipinski definition) is 0. The minimum absolute atomic E-state index is 0.0215. The van der Waals surface area contributed by atoms with Gasteiger partial charge in [-0.05, 0) is 73.7 Å². The molecule has 0 N–H and O–H groups in total. The molecule has 0 unspecified atom stereocenters. The minimum atomic E-state index is -3.88. The van der Waals surface area contributed by atoms with Crippen molar-refractivity contribution in [2.45, 2.75) is 69.6 Å². The molecule has 6 nitrogen and oxygen atoms in total. The van der Waals surface area contributed by atoms with E-state index in [1.54, 1.807) is 29.2 Å². The molecule has 1 aliphatic heterocycles. The number of rotatable bonds is 11. The summed E-state index contributed by atoms with van der Waals surface area (Å²) in [5.41, 5.74) is 1.52. The van der Waals surface area contributed by atoms with Gasteiger partial charge in [0.15, 0.2) is 0 Å². The van der Waals surface area contributed by atoms with Crippen molar-refractivity contribution >= 4 is 44.8 Å². The summed E-state index contributed by atoms with van der Waals surface area (Å²) in [6.07, 6.45) is 3.76. The number of amides is 1. The lowest BCUT2D eigenvalue weighted by molar-refractivity contribution is -0.183. The number of benzene rings is 3. The zero-order valence-electron chi connectivity index (χ0n) is 24.9. The minimum Gasteiger partial charge on any atom is -0.357 e. The predicted molar refractivity (Wildman–Crippen MR) is 174 cm³/mol. The number of morpholine rings is 1. The van der Waals surface area contributed by atoms with Gasteiger partial charge in [0.05, 0.1) is 29.6 Å². The lowest BCUT2D eigenvalue weighted by Crippen LogP contribution is -2.59. The van der Waals surface area contributed by atoms with Crippen molar-refractivity contribution in [3.05, 3.63) is 112 Å². The fourth-order valence-corrected chi connectivity index (χ4v) is 8.18. The van der Waals surface area contributed by atoms with Crippen molar-refractivity contribution in [1.82, 2.24) is 4.90 Å². The lowest BCUT2D eigenvalue weighted by Gasteiger charge is -2.49. The molecule has 1 aliphatic carbocycles. The quantitative estimate of drug-likeness (QED) is 0.195. The second kappa shape index (κ2) is 13.6. The van der Waals surface area contributed by atoms with Crippen LogP contribution in [0.1, 0.15) is 63.3 Å². The van der Waals surface area contributed by atoms with Crippen molar-refractivity contribution in [1.29, 1.82) is 0 Å². The Morgan fingerprint density at radius 2 is 1.73 bits per heavy atom. The van der Waals surface area contributed by atoms with Crippen molar-refractivity contribution < 1.29 is 22.3 Å². The van der Waals surface area contributed by atoms with E-state index in [9.17, 15) is 13.2 Å². The highest BCUT2D eigenvalue weighted by atomic mass is 35.5. The Bertz CT molecular complexity index is 1610. The van der Waals surface area contributed by atoms with E-state index < -0.39 is 45.4 Å². The molecule has 234 valence electrons. The van der Waals surface area contributed by atoms with Crippen LogP contribution in [0.5, 0.6) is 0 Å². The van der Waals surface area contributed by atoms with Crippen LogP contribution in [0.4, 0.5) is 10.1 Å². The maximum Gasteiger partial charge on any atom is 0.253 e. The highest BCUT2D eigenvalue weighted by Crippen LogP contribution is 2.46. The van der Waals surface area contributed by atoms with Crippen LogP contribution in [0.25, 0.3) is 0 Å². The fourth-order valence-electron chi connectivity index (χ4n) is 5.96. The number of sulfonamides is 1. The van der Waals surface area contributed by atoms with Gasteiger partial charge in [0.2, 0.25) is 10.0 Å². The number of halogens is 3. The van der Waals surface area contributed by atoms with Crippen LogP contribution in [0.2, 0.25) is 10.0 Å². The van der Waals surface area contributed by atoms with E-state index in [1.165, 1.54) is 22.5 Å². The number of ether oxygens (including phenoxy) is 1. The van der Waals surface area contributed by atoms with E-state index in [4.69, 9.17) is 27.9 Å². The van der Waals surface area contributed by atoms with Crippen LogP contribution in [0.3, 0.4) is 0 Å². The molecule has 1 amide bonds. The third-order valence-corrected chi connectivity index (χ3v) is 11.1. The van der Waals surface area contributed by atoms with E-state index in [2.05, 4.69) is 0 Å². The van der Waals surface area contributed by atoms with Gasteiger partial charge >= 0.3 is 0 Å². The molecule has 0 aromatic heterocycles. The Kier molecular flexibility index (Phi) is 10.0. The summed E-state index contributed by atoms with van der Waals surface area (Å²) in [5.74, 6) is -1.18. The van der Waals surface area contributed by atoms with Gasteiger partial charge in [0.25, 0.3) is 5.91 Å². The third-order valence-electron chi connectivity index (χ3n) is 8.35. The number of allylic oxidation sites excluding steroid dienone is 1. The van der Waals surface area contributed by atoms with Crippen LogP contribution in [0.15, 0.2) is 84.9 Å². The Labute approximate surface area is 269 Å². The number of hydrogen-bond acceptors (Lipinski definition) is 4. The van der Waals surface area contributed by atoms with Gasteiger partial charge in [-0.2, -0.15) is 0 Å². The zero-order valence-corrected chi connectivity index (χ0v) is 27.3. The third kappa shape index (κ3) is 6.69. The topological polar surface area (TPSA) is 66.9 Å². The zero-order chi connectivity index (χ0) is 31.6. The smallest absolute Gasteiger partial charge is 0.253 e. The summed E-state index contributed by atoms with van der Waals surface area (Å²) < 4.78 is 50.7. The van der Waals surface area contributed by atoms with E-state index in [0.29, 0.717) is 29.3 Å². The summed E-state index contributed by atoms with van der Waals surface area (Å²) in [5, 5.41) is 0.486. The van der Waals surface area contributed by atoms with Crippen LogP contribution >= 0.6 is 23.2 Å². The maximum absolute atomic E-state index is 15.2. The molecule has 3 aromatic carbocycles. The normalized spacial score (nSPS) is 22.3. The van der Waals surface area contributed by atoms with Crippen LogP contribution in [-0.2, 0) is 19.6 Å². The van der Waals surface area contributed by atoms with Gasteiger partial charge in [-0.1, -0.05) is 85.6 Å². The molecule has 1 saturated carbocycles. The molecule has 0 radical (unpaired) electrons. The Morgan fingerprint density at radius 1 is 1.02 bits per heavy atom. The van der Waals surface area contributed by atoms with Gasteiger partial charge < -0.3 is 9.64 Å². The molecule has 5 atom stereocenters. The van der Waals surface area contributed by atoms with E-state index >= 15 is 4.39 Å². The largest absolute Gasteiger partial charge is 0.357 e. The van der Waals surface area contributed by atoms with Crippen LogP contribution < -0.4 is 4.31 Å². The molecular formula is C34H37Cl2FN2O4S. The van der Waals surface area contributed by atoms with Gasteiger partial charge in [0.1, 0.15) is 18.0 Å². The molecule has 1 heterocycles. The number of nitrogens with zero attached hydrogens (tertiary/aromatic N) is 2.